The van der Waals surface area contributed by atoms with Crippen molar-refractivity contribution in [3.8, 4) is 0 Å². The van der Waals surface area contributed by atoms with Crippen molar-refractivity contribution < 1.29 is 23.6 Å². The van der Waals surface area contributed by atoms with Crippen molar-refractivity contribution >= 4 is 45.9 Å². The third kappa shape index (κ3) is 7.67. The number of likely N-dealkylation sites (tertiary alicyclic amines) is 2. The topological polar surface area (TPSA) is 175 Å². The number of aromatic nitrogens is 2. The standard InChI is InChI=1S/C42H53FN10O4/c1-45-40(55)51-15-3-5-31(23-51)53(42(57)46-20-28-17-27-16-25(24-6-7-24)8-12-34(27)48-28)37-19-32(37)26-9-13-35-33(18-26)38(43)36(49-35)21-47-41(56)52(29-10-11-29)30-4-2-14-50(22-30)39(44)54/h8-9,12-13,16-18,24,29-32,37,48-49H,2-7,10-11,14-15,19-23H2,1H3,(H2,44,54)(H,45,55)(H,46,57)(H,47,56)/t30-,31-,32?,37?/m1/s1. The highest BCUT2D eigenvalue weighted by atomic mass is 19.1. The zero-order chi connectivity index (χ0) is 39.4. The van der Waals surface area contributed by atoms with E-state index in [1.165, 1.54) is 18.4 Å². The van der Waals surface area contributed by atoms with Crippen molar-refractivity contribution in [3.05, 3.63) is 70.8 Å². The summed E-state index contributed by atoms with van der Waals surface area (Å²) in [5.74, 6) is 0.255. The van der Waals surface area contributed by atoms with E-state index in [0.29, 0.717) is 55.2 Å². The van der Waals surface area contributed by atoms with Crippen molar-refractivity contribution in [1.82, 2.24) is 45.5 Å². The Bertz CT molecular complexity index is 2190. The van der Waals surface area contributed by atoms with Crippen LogP contribution in [0.4, 0.5) is 23.6 Å². The van der Waals surface area contributed by atoms with Crippen molar-refractivity contribution in [2.75, 3.05) is 33.2 Å². The fourth-order valence-corrected chi connectivity index (χ4v) is 9.40. The molecule has 57 heavy (non-hydrogen) atoms. The number of nitrogens with zero attached hydrogens (tertiary/aromatic N) is 4. The van der Waals surface area contributed by atoms with Gasteiger partial charge in [0.05, 0.1) is 30.9 Å². The number of piperidine rings is 2. The van der Waals surface area contributed by atoms with Crippen LogP contribution >= 0.6 is 0 Å². The zero-order valence-electron chi connectivity index (χ0n) is 32.5. The predicted octanol–water partition coefficient (Wildman–Crippen LogP) is 5.75. The molecule has 15 heteroatoms. The first kappa shape index (κ1) is 37.1. The van der Waals surface area contributed by atoms with Gasteiger partial charge in [0.2, 0.25) is 0 Å². The van der Waals surface area contributed by atoms with Gasteiger partial charge in [-0.05, 0) is 111 Å². The predicted molar refractivity (Wildman–Crippen MR) is 214 cm³/mol. The Morgan fingerprint density at radius 2 is 1.47 bits per heavy atom. The van der Waals surface area contributed by atoms with Crippen LogP contribution in [0.5, 0.6) is 0 Å². The van der Waals surface area contributed by atoms with E-state index < -0.39 is 11.8 Å². The van der Waals surface area contributed by atoms with Crippen molar-refractivity contribution in [2.24, 2.45) is 5.73 Å². The lowest BCUT2D eigenvalue weighted by Crippen LogP contribution is -2.56. The molecule has 2 aromatic heterocycles. The molecule has 3 saturated carbocycles. The SMILES string of the molecule is CNC(=O)N1CCC[C@@H](N(C(=O)NCc2cc3cc(C4CC4)ccc3[nH]2)C2CC2c2ccc3[nH]c(CNC(=O)N(C4CC4)[C@@H]4CCCN(C(N)=O)C4)c(F)c3c2)C1. The van der Waals surface area contributed by atoms with Gasteiger partial charge in [0.15, 0.2) is 5.82 Å². The number of carbonyl (C=O) groups is 4. The molecule has 4 aromatic rings. The molecule has 302 valence electrons. The smallest absolute Gasteiger partial charge is 0.318 e. The van der Waals surface area contributed by atoms with Gasteiger partial charge in [-0.2, -0.15) is 0 Å². The van der Waals surface area contributed by atoms with Gasteiger partial charge in [-0.25, -0.2) is 23.6 Å². The number of nitrogens with one attached hydrogen (secondary N) is 5. The Balaban J connectivity index is 0.890. The highest BCUT2D eigenvalue weighted by molar-refractivity contribution is 5.84. The largest absolute Gasteiger partial charge is 0.357 e. The summed E-state index contributed by atoms with van der Waals surface area (Å²) in [5, 5.41) is 10.4. The lowest BCUT2D eigenvalue weighted by molar-refractivity contribution is 0.115. The minimum absolute atomic E-state index is 0.00413. The quantitative estimate of drug-likeness (QED) is 0.120. The summed E-state index contributed by atoms with van der Waals surface area (Å²) >= 11 is 0. The number of hydrogen-bond donors (Lipinski definition) is 6. The molecular formula is C42H53FN10O4. The molecule has 3 aliphatic carbocycles. The Hall–Kier alpha value is -5.47. The molecule has 7 N–H and O–H groups in total. The molecule has 2 aliphatic heterocycles. The monoisotopic (exact) mass is 780 g/mol. The van der Waals surface area contributed by atoms with Crippen LogP contribution in [-0.2, 0) is 13.1 Å². The third-order valence-corrected chi connectivity index (χ3v) is 12.8. The summed E-state index contributed by atoms with van der Waals surface area (Å²) in [5.41, 5.74) is 10.8. The Morgan fingerprint density at radius 1 is 0.789 bits per heavy atom. The number of hydrogen-bond acceptors (Lipinski definition) is 4. The molecular weight excluding hydrogens is 728 g/mol. The van der Waals surface area contributed by atoms with Crippen molar-refractivity contribution in [3.63, 3.8) is 0 Å². The summed E-state index contributed by atoms with van der Waals surface area (Å²) in [6.07, 6.45) is 8.15. The maximum Gasteiger partial charge on any atom is 0.318 e. The van der Waals surface area contributed by atoms with Gasteiger partial charge < -0.3 is 51.3 Å². The number of rotatable bonds is 10. The lowest BCUT2D eigenvalue weighted by Gasteiger charge is -2.39. The first-order chi connectivity index (χ1) is 27.6. The van der Waals surface area contributed by atoms with Crippen molar-refractivity contribution in [1.29, 1.82) is 0 Å². The van der Waals surface area contributed by atoms with Crippen LogP contribution in [0.25, 0.3) is 21.8 Å². The maximum absolute atomic E-state index is 16.1. The minimum Gasteiger partial charge on any atom is -0.357 e. The minimum atomic E-state index is -0.478. The zero-order valence-corrected chi connectivity index (χ0v) is 32.5. The van der Waals surface area contributed by atoms with E-state index in [0.717, 1.165) is 67.1 Å². The summed E-state index contributed by atoms with van der Waals surface area (Å²) < 4.78 is 16.1. The first-order valence-electron chi connectivity index (χ1n) is 20.7. The number of amides is 8. The van der Waals surface area contributed by atoms with E-state index >= 15 is 4.39 Å². The van der Waals surface area contributed by atoms with Gasteiger partial charge >= 0.3 is 24.1 Å². The van der Waals surface area contributed by atoms with Crippen LogP contribution in [-0.4, -0.2) is 111 Å². The fourth-order valence-electron chi connectivity index (χ4n) is 9.40. The molecule has 9 rings (SSSR count). The summed E-state index contributed by atoms with van der Waals surface area (Å²) in [7, 11) is 1.62. The summed E-state index contributed by atoms with van der Waals surface area (Å²) in [4.78, 5) is 66.0. The third-order valence-electron chi connectivity index (χ3n) is 12.8. The van der Waals surface area contributed by atoms with E-state index in [2.05, 4.69) is 50.2 Å². The number of urea groups is 4. The number of nitrogens with two attached hydrogens (primary N) is 1. The lowest BCUT2D eigenvalue weighted by atomic mass is 10.0. The normalized spacial score (nSPS) is 23.3. The van der Waals surface area contributed by atoms with Crippen LogP contribution in [0.1, 0.15) is 92.1 Å². The molecule has 2 aromatic carbocycles. The van der Waals surface area contributed by atoms with Crippen molar-refractivity contribution in [2.45, 2.75) is 107 Å². The molecule has 4 heterocycles. The first-order valence-corrected chi connectivity index (χ1v) is 20.7. The Kier molecular flexibility index (Phi) is 9.85. The van der Waals surface area contributed by atoms with Crippen LogP contribution in [0, 0.1) is 5.82 Å². The maximum atomic E-state index is 16.1. The van der Waals surface area contributed by atoms with Crippen LogP contribution in [0.2, 0.25) is 0 Å². The Morgan fingerprint density at radius 3 is 2.21 bits per heavy atom. The fraction of sp³-hybridized carbons (Fsp3) is 0.524. The molecule has 2 saturated heterocycles. The summed E-state index contributed by atoms with van der Waals surface area (Å²) in [6, 6.07) is 13.0. The number of benzene rings is 2. The second-order valence-electron chi connectivity index (χ2n) is 16.8. The highest BCUT2D eigenvalue weighted by Crippen LogP contribution is 2.47. The van der Waals surface area contributed by atoms with Gasteiger partial charge in [-0.1, -0.05) is 12.1 Å². The molecule has 14 nitrogen and oxygen atoms in total. The molecule has 5 fully saturated rings. The number of primary amides is 1. The highest BCUT2D eigenvalue weighted by Gasteiger charge is 2.48. The second-order valence-corrected chi connectivity index (χ2v) is 16.8. The number of H-pyrrole nitrogens is 2. The molecule has 0 spiro atoms. The van der Waals surface area contributed by atoms with Gasteiger partial charge in [0, 0.05) is 73.3 Å². The van der Waals surface area contributed by atoms with E-state index in [4.69, 9.17) is 5.73 Å². The second kappa shape index (κ2) is 15.1. The van der Waals surface area contributed by atoms with E-state index in [9.17, 15) is 19.2 Å². The van der Waals surface area contributed by atoms with Gasteiger partial charge in [0.1, 0.15) is 0 Å². The molecule has 5 aliphatic rings. The average molecular weight is 781 g/mol. The molecule has 4 atom stereocenters. The van der Waals surface area contributed by atoms with Crippen LogP contribution in [0.3, 0.4) is 0 Å². The summed E-state index contributed by atoms with van der Waals surface area (Å²) in [6.45, 7) is 2.40. The van der Waals surface area contributed by atoms with Gasteiger partial charge in [-0.3, -0.25) is 0 Å². The molecule has 2 unspecified atom stereocenters. The van der Waals surface area contributed by atoms with E-state index in [1.54, 1.807) is 16.8 Å². The molecule has 0 bridgehead atoms. The number of fused-ring (bicyclic) bond motifs is 2. The number of aromatic amines is 2. The Labute approximate surface area is 331 Å². The average Bonchev–Trinajstić information content (AvgIpc) is 4.14. The number of carbonyl (C=O) groups excluding carboxylic acids is 4. The molecule has 0 radical (unpaired) electrons. The van der Waals surface area contributed by atoms with Gasteiger partial charge in [-0.15, -0.1) is 0 Å². The van der Waals surface area contributed by atoms with E-state index in [1.807, 2.05) is 28.0 Å². The van der Waals surface area contributed by atoms with Gasteiger partial charge in [0.25, 0.3) is 0 Å². The molecule has 8 amide bonds. The van der Waals surface area contributed by atoms with Crippen LogP contribution < -0.4 is 21.7 Å². The van der Waals surface area contributed by atoms with Crippen LogP contribution in [0.15, 0.2) is 42.5 Å². The number of halogens is 1. The van der Waals surface area contributed by atoms with E-state index in [-0.39, 0.29) is 54.7 Å².